The first-order valence-corrected chi connectivity index (χ1v) is 7.99. The van der Waals surface area contributed by atoms with E-state index < -0.39 is 0 Å². The number of hydrogen-bond acceptors (Lipinski definition) is 4. The van der Waals surface area contributed by atoms with E-state index in [4.69, 9.17) is 18.9 Å². The third kappa shape index (κ3) is 9.96. The Morgan fingerprint density at radius 2 is 1.40 bits per heavy atom. The van der Waals surface area contributed by atoms with Crippen LogP contribution in [0.2, 0.25) is 0 Å². The van der Waals surface area contributed by atoms with Crippen LogP contribution in [-0.4, -0.2) is 26.6 Å². The van der Waals surface area contributed by atoms with Gasteiger partial charge in [0.15, 0.2) is 12.6 Å². The molecule has 20 heavy (non-hydrogen) atoms. The third-order valence-corrected chi connectivity index (χ3v) is 2.69. The Morgan fingerprint density at radius 3 is 1.95 bits per heavy atom. The molecule has 0 aromatic carbocycles. The fourth-order valence-corrected chi connectivity index (χ4v) is 1.49. The van der Waals surface area contributed by atoms with Crippen LogP contribution in [0.3, 0.4) is 0 Å². The van der Waals surface area contributed by atoms with Crippen molar-refractivity contribution in [3.8, 4) is 0 Å². The standard InChI is InChI=1S/C16H32O4/c1-5-9-12-18-15(11-7-3)16(19-13-10-6-2)20-14-17-8-4/h5-14H2,1-4H3. The summed E-state index contributed by atoms with van der Waals surface area (Å²) in [5, 5.41) is 0. The van der Waals surface area contributed by atoms with Gasteiger partial charge in [0.1, 0.15) is 0 Å². The van der Waals surface area contributed by atoms with Crippen LogP contribution >= 0.6 is 0 Å². The number of rotatable bonds is 14. The summed E-state index contributed by atoms with van der Waals surface area (Å²) in [5.41, 5.74) is 0. The van der Waals surface area contributed by atoms with E-state index in [0.717, 1.165) is 44.3 Å². The summed E-state index contributed by atoms with van der Waals surface area (Å²) in [6, 6.07) is 0. The molecule has 4 heteroatoms. The average Bonchev–Trinajstić information content (AvgIpc) is 2.45. The van der Waals surface area contributed by atoms with Gasteiger partial charge in [0.25, 0.3) is 0 Å². The van der Waals surface area contributed by atoms with Crippen LogP contribution in [0.15, 0.2) is 11.7 Å². The number of hydrogen-bond donors (Lipinski definition) is 0. The summed E-state index contributed by atoms with van der Waals surface area (Å²) in [7, 11) is 0. The van der Waals surface area contributed by atoms with Crippen LogP contribution in [0.5, 0.6) is 0 Å². The molecule has 0 heterocycles. The highest BCUT2D eigenvalue weighted by Gasteiger charge is 2.12. The molecule has 0 aromatic rings. The van der Waals surface area contributed by atoms with Crippen molar-refractivity contribution in [1.29, 1.82) is 0 Å². The Morgan fingerprint density at radius 1 is 0.750 bits per heavy atom. The van der Waals surface area contributed by atoms with E-state index in [9.17, 15) is 0 Å². The molecule has 0 radical (unpaired) electrons. The minimum Gasteiger partial charge on any atom is -0.491 e. The maximum atomic E-state index is 5.82. The van der Waals surface area contributed by atoms with Crippen LogP contribution in [0.25, 0.3) is 0 Å². The summed E-state index contributed by atoms with van der Waals surface area (Å²) in [5.74, 6) is 1.32. The Hall–Kier alpha value is -0.900. The molecule has 0 rings (SSSR count). The van der Waals surface area contributed by atoms with Crippen LogP contribution in [0, 0.1) is 0 Å². The van der Waals surface area contributed by atoms with Gasteiger partial charge in [-0.3, -0.25) is 0 Å². The first kappa shape index (κ1) is 19.1. The SMILES string of the molecule is CCCCOC(CCC)=C(OCCCC)OCOCC. The normalized spacial score (nSPS) is 12.0. The molecule has 0 spiro atoms. The molecule has 0 saturated carbocycles. The Bertz CT molecular complexity index is 227. The van der Waals surface area contributed by atoms with E-state index in [2.05, 4.69) is 20.8 Å². The molecule has 4 nitrogen and oxygen atoms in total. The van der Waals surface area contributed by atoms with Crippen molar-refractivity contribution in [2.75, 3.05) is 26.6 Å². The molecule has 0 fully saturated rings. The maximum Gasteiger partial charge on any atom is 0.321 e. The molecule has 0 aliphatic carbocycles. The molecule has 0 atom stereocenters. The van der Waals surface area contributed by atoms with Crippen molar-refractivity contribution in [3.63, 3.8) is 0 Å². The molecule has 120 valence electrons. The second-order valence-electron chi connectivity index (χ2n) is 4.62. The molecule has 0 saturated heterocycles. The quantitative estimate of drug-likeness (QED) is 0.266. The second-order valence-corrected chi connectivity index (χ2v) is 4.62. The highest BCUT2D eigenvalue weighted by Crippen LogP contribution is 2.17. The lowest BCUT2D eigenvalue weighted by Gasteiger charge is -2.17. The van der Waals surface area contributed by atoms with Gasteiger partial charge in [0, 0.05) is 13.0 Å². The molecule has 0 unspecified atom stereocenters. The van der Waals surface area contributed by atoms with Gasteiger partial charge >= 0.3 is 5.95 Å². The molecule has 0 N–H and O–H groups in total. The Balaban J connectivity index is 4.56. The topological polar surface area (TPSA) is 36.9 Å². The van der Waals surface area contributed by atoms with E-state index >= 15 is 0 Å². The zero-order chi connectivity index (χ0) is 15.1. The van der Waals surface area contributed by atoms with E-state index in [-0.39, 0.29) is 6.79 Å². The zero-order valence-corrected chi connectivity index (χ0v) is 13.7. The van der Waals surface area contributed by atoms with Gasteiger partial charge in [0.05, 0.1) is 13.2 Å². The minimum atomic E-state index is 0.211. The monoisotopic (exact) mass is 288 g/mol. The third-order valence-electron chi connectivity index (χ3n) is 2.69. The number of ether oxygens (including phenoxy) is 4. The lowest BCUT2D eigenvalue weighted by molar-refractivity contribution is -0.0809. The van der Waals surface area contributed by atoms with Gasteiger partial charge in [-0.1, -0.05) is 33.6 Å². The zero-order valence-electron chi connectivity index (χ0n) is 13.7. The molecular weight excluding hydrogens is 256 g/mol. The first-order chi connectivity index (χ1) is 9.79. The summed E-state index contributed by atoms with van der Waals surface area (Å²) < 4.78 is 22.4. The van der Waals surface area contributed by atoms with Crippen LogP contribution in [0.4, 0.5) is 0 Å². The molecular formula is C16H32O4. The lowest BCUT2D eigenvalue weighted by Crippen LogP contribution is -2.09. The fraction of sp³-hybridized carbons (Fsp3) is 0.875. The number of unbranched alkanes of at least 4 members (excludes halogenated alkanes) is 2. The van der Waals surface area contributed by atoms with Gasteiger partial charge in [-0.15, -0.1) is 0 Å². The lowest BCUT2D eigenvalue weighted by atomic mass is 10.3. The second kappa shape index (κ2) is 14.5. The van der Waals surface area contributed by atoms with Gasteiger partial charge in [-0.25, -0.2) is 0 Å². The smallest absolute Gasteiger partial charge is 0.321 e. The molecule has 0 aliphatic heterocycles. The van der Waals surface area contributed by atoms with E-state index in [1.807, 2.05) is 6.92 Å². The van der Waals surface area contributed by atoms with Gasteiger partial charge in [-0.2, -0.15) is 0 Å². The van der Waals surface area contributed by atoms with Crippen molar-refractivity contribution in [3.05, 3.63) is 11.7 Å². The van der Waals surface area contributed by atoms with Crippen molar-refractivity contribution < 1.29 is 18.9 Å². The largest absolute Gasteiger partial charge is 0.491 e. The Kier molecular flexibility index (Phi) is 13.9. The van der Waals surface area contributed by atoms with Gasteiger partial charge < -0.3 is 18.9 Å². The van der Waals surface area contributed by atoms with Crippen molar-refractivity contribution in [2.45, 2.75) is 66.2 Å². The average molecular weight is 288 g/mol. The van der Waals surface area contributed by atoms with E-state index in [1.54, 1.807) is 0 Å². The Labute approximate surface area is 124 Å². The van der Waals surface area contributed by atoms with Gasteiger partial charge in [0.2, 0.25) is 0 Å². The predicted octanol–water partition coefficient (Wildman–Crippen LogP) is 4.60. The van der Waals surface area contributed by atoms with Crippen LogP contribution in [-0.2, 0) is 18.9 Å². The summed E-state index contributed by atoms with van der Waals surface area (Å²) in [4.78, 5) is 0. The predicted molar refractivity (Wildman–Crippen MR) is 81.2 cm³/mol. The summed E-state index contributed by atoms with van der Waals surface area (Å²) in [6.45, 7) is 10.6. The maximum absolute atomic E-state index is 5.82. The minimum absolute atomic E-state index is 0.211. The van der Waals surface area contributed by atoms with Crippen LogP contribution < -0.4 is 0 Å². The number of allylic oxidation sites excluding steroid dienone is 1. The van der Waals surface area contributed by atoms with E-state index in [1.165, 1.54) is 0 Å². The first-order valence-electron chi connectivity index (χ1n) is 7.99. The molecule has 0 aromatic heterocycles. The van der Waals surface area contributed by atoms with Crippen molar-refractivity contribution in [2.24, 2.45) is 0 Å². The molecule has 0 aliphatic rings. The van der Waals surface area contributed by atoms with Crippen molar-refractivity contribution in [1.82, 2.24) is 0 Å². The molecule has 0 amide bonds. The fourth-order valence-electron chi connectivity index (χ4n) is 1.49. The summed E-state index contributed by atoms with van der Waals surface area (Å²) >= 11 is 0. The van der Waals surface area contributed by atoms with Crippen molar-refractivity contribution >= 4 is 0 Å². The molecule has 0 bridgehead atoms. The van der Waals surface area contributed by atoms with Gasteiger partial charge in [-0.05, 0) is 26.2 Å². The van der Waals surface area contributed by atoms with Crippen LogP contribution in [0.1, 0.15) is 66.2 Å². The van der Waals surface area contributed by atoms with E-state index in [0.29, 0.717) is 25.8 Å². The highest BCUT2D eigenvalue weighted by atomic mass is 16.7. The highest BCUT2D eigenvalue weighted by molar-refractivity contribution is 4.95. The summed E-state index contributed by atoms with van der Waals surface area (Å²) in [6.07, 6.45) is 6.10.